The minimum absolute atomic E-state index is 0.0193. The van der Waals surface area contributed by atoms with Crippen LogP contribution in [0.1, 0.15) is 36.6 Å². The van der Waals surface area contributed by atoms with E-state index in [9.17, 15) is 22.4 Å². The smallest absolute Gasteiger partial charge is 0.387 e. The second kappa shape index (κ2) is 7.85. The van der Waals surface area contributed by atoms with Crippen molar-refractivity contribution in [1.82, 2.24) is 9.78 Å². The molecule has 0 radical (unpaired) electrons. The van der Waals surface area contributed by atoms with Crippen LogP contribution in [0, 0.1) is 0 Å². The van der Waals surface area contributed by atoms with E-state index in [0.717, 1.165) is 12.8 Å². The molecule has 0 aliphatic heterocycles. The predicted molar refractivity (Wildman–Crippen MR) is 87.4 cm³/mol. The van der Waals surface area contributed by atoms with Gasteiger partial charge in [-0.3, -0.25) is 9.48 Å². The Balaban J connectivity index is 1.71. The highest BCUT2D eigenvalue weighted by atomic mass is 19.3. The number of hydrogen-bond donors (Lipinski definition) is 1. The van der Waals surface area contributed by atoms with E-state index >= 15 is 0 Å². The maximum atomic E-state index is 12.9. The highest BCUT2D eigenvalue weighted by Crippen LogP contribution is 2.41. The van der Waals surface area contributed by atoms with E-state index < -0.39 is 18.9 Å². The fourth-order valence-corrected chi connectivity index (χ4v) is 2.67. The summed E-state index contributed by atoms with van der Waals surface area (Å²) in [7, 11) is 1.27. The summed E-state index contributed by atoms with van der Waals surface area (Å²) in [5, 5.41) is 6.37. The van der Waals surface area contributed by atoms with Crippen LogP contribution in [0.25, 0.3) is 0 Å². The van der Waals surface area contributed by atoms with Gasteiger partial charge >= 0.3 is 6.61 Å². The van der Waals surface area contributed by atoms with Crippen molar-refractivity contribution in [3.63, 3.8) is 0 Å². The zero-order valence-electron chi connectivity index (χ0n) is 14.3. The second-order valence-corrected chi connectivity index (χ2v) is 6.02. The molecule has 1 aromatic heterocycles. The molecule has 0 unspecified atom stereocenters. The largest absolute Gasteiger partial charge is 0.493 e. The fourth-order valence-electron chi connectivity index (χ4n) is 2.67. The van der Waals surface area contributed by atoms with Gasteiger partial charge in [-0.1, -0.05) is 0 Å². The van der Waals surface area contributed by atoms with Crippen LogP contribution in [0.2, 0.25) is 0 Å². The third-order valence-corrected chi connectivity index (χ3v) is 4.01. The zero-order chi connectivity index (χ0) is 19.6. The average Bonchev–Trinajstić information content (AvgIpc) is 3.36. The SMILES string of the molecule is COc1cc(NC(=O)Cn2nc(C(F)F)cc2C2CC2)ccc1OC(F)F. The van der Waals surface area contributed by atoms with E-state index in [1.165, 1.54) is 36.1 Å². The number of rotatable bonds is 8. The normalized spacial score (nSPS) is 13.9. The Morgan fingerprint density at radius 2 is 2.00 bits per heavy atom. The number of ether oxygens (including phenoxy) is 2. The van der Waals surface area contributed by atoms with Gasteiger partial charge < -0.3 is 14.8 Å². The number of carbonyl (C=O) groups excluding carboxylic acids is 1. The van der Waals surface area contributed by atoms with Crippen molar-refractivity contribution >= 4 is 11.6 Å². The lowest BCUT2D eigenvalue weighted by molar-refractivity contribution is -0.117. The molecule has 6 nitrogen and oxygen atoms in total. The van der Waals surface area contributed by atoms with Gasteiger partial charge in [-0.2, -0.15) is 13.9 Å². The van der Waals surface area contributed by atoms with Gasteiger partial charge in [0.05, 0.1) is 7.11 Å². The first-order valence-corrected chi connectivity index (χ1v) is 8.16. The van der Waals surface area contributed by atoms with Crippen molar-refractivity contribution in [2.24, 2.45) is 0 Å². The topological polar surface area (TPSA) is 65.4 Å². The van der Waals surface area contributed by atoms with Crippen molar-refractivity contribution in [2.75, 3.05) is 12.4 Å². The lowest BCUT2D eigenvalue weighted by atomic mass is 10.2. The molecule has 1 saturated carbocycles. The first-order valence-electron chi connectivity index (χ1n) is 8.16. The van der Waals surface area contributed by atoms with E-state index in [2.05, 4.69) is 15.2 Å². The number of halogens is 4. The molecule has 146 valence electrons. The predicted octanol–water partition coefficient (Wildman–Crippen LogP) is 3.95. The van der Waals surface area contributed by atoms with Gasteiger partial charge in [0.25, 0.3) is 6.43 Å². The highest BCUT2D eigenvalue weighted by molar-refractivity contribution is 5.91. The number of nitrogens with one attached hydrogen (secondary N) is 1. The standard InChI is InChI=1S/C17H17F4N3O3/c1-26-14-6-10(4-5-13(14)27-17(20)21)22-15(25)8-24-12(9-2-3-9)7-11(23-24)16(18)19/h4-7,9,16-17H,2-3,8H2,1H3,(H,22,25). The Kier molecular flexibility index (Phi) is 5.52. The Bertz CT molecular complexity index is 822. The fraction of sp³-hybridized carbons (Fsp3) is 0.412. The van der Waals surface area contributed by atoms with Crippen LogP contribution in [-0.2, 0) is 11.3 Å². The molecule has 0 saturated heterocycles. The molecule has 1 aliphatic carbocycles. The number of aromatic nitrogens is 2. The number of methoxy groups -OCH3 is 1. The third kappa shape index (κ3) is 4.69. The molecule has 1 amide bonds. The van der Waals surface area contributed by atoms with E-state index in [-0.39, 0.29) is 35.3 Å². The number of hydrogen-bond acceptors (Lipinski definition) is 4. The van der Waals surface area contributed by atoms with Crippen LogP contribution >= 0.6 is 0 Å². The molecule has 1 aromatic carbocycles. The van der Waals surface area contributed by atoms with Crippen LogP contribution in [0.3, 0.4) is 0 Å². The summed E-state index contributed by atoms with van der Waals surface area (Å²) < 4.78 is 61.0. The summed E-state index contributed by atoms with van der Waals surface area (Å²) in [4.78, 5) is 12.3. The lowest BCUT2D eigenvalue weighted by Crippen LogP contribution is -2.21. The number of carbonyl (C=O) groups is 1. The summed E-state index contributed by atoms with van der Waals surface area (Å²) in [5.74, 6) is -0.505. The third-order valence-electron chi connectivity index (χ3n) is 4.01. The van der Waals surface area contributed by atoms with E-state index in [0.29, 0.717) is 5.69 Å². The number of benzene rings is 1. The lowest BCUT2D eigenvalue weighted by Gasteiger charge is -2.12. The molecular weight excluding hydrogens is 370 g/mol. The number of nitrogens with zero attached hydrogens (tertiary/aromatic N) is 2. The van der Waals surface area contributed by atoms with Crippen LogP contribution in [0.4, 0.5) is 23.2 Å². The Morgan fingerprint density at radius 1 is 1.26 bits per heavy atom. The molecule has 27 heavy (non-hydrogen) atoms. The number of amides is 1. The summed E-state index contributed by atoms with van der Waals surface area (Å²) in [6.45, 7) is -3.25. The maximum Gasteiger partial charge on any atom is 0.387 e. The molecule has 0 spiro atoms. The van der Waals surface area contributed by atoms with Crippen LogP contribution in [0.15, 0.2) is 24.3 Å². The minimum Gasteiger partial charge on any atom is -0.493 e. The van der Waals surface area contributed by atoms with Crippen molar-refractivity contribution in [3.8, 4) is 11.5 Å². The van der Waals surface area contributed by atoms with E-state index in [1.807, 2.05) is 0 Å². The molecule has 1 aliphatic rings. The Labute approximate surface area is 152 Å². The zero-order valence-corrected chi connectivity index (χ0v) is 14.3. The summed E-state index contributed by atoms with van der Waals surface area (Å²) in [5.41, 5.74) is 0.534. The van der Waals surface area contributed by atoms with Crippen LogP contribution in [0.5, 0.6) is 11.5 Å². The first kappa shape index (κ1) is 19.0. The van der Waals surface area contributed by atoms with Crippen LogP contribution in [-0.4, -0.2) is 29.4 Å². The van der Waals surface area contributed by atoms with E-state index in [1.54, 1.807) is 0 Å². The van der Waals surface area contributed by atoms with Crippen LogP contribution < -0.4 is 14.8 Å². The second-order valence-electron chi connectivity index (χ2n) is 6.02. The van der Waals surface area contributed by atoms with Gasteiger partial charge in [0.2, 0.25) is 5.91 Å². The van der Waals surface area contributed by atoms with Crippen molar-refractivity contribution < 1.29 is 31.8 Å². The molecule has 10 heteroatoms. The van der Waals surface area contributed by atoms with Gasteiger partial charge in [-0.25, -0.2) is 8.78 Å². The molecule has 1 N–H and O–H groups in total. The van der Waals surface area contributed by atoms with Crippen molar-refractivity contribution in [1.29, 1.82) is 0 Å². The van der Waals surface area contributed by atoms with E-state index in [4.69, 9.17) is 4.74 Å². The van der Waals surface area contributed by atoms with Gasteiger partial charge in [0, 0.05) is 23.4 Å². The maximum absolute atomic E-state index is 12.9. The molecule has 2 aromatic rings. The van der Waals surface area contributed by atoms with Gasteiger partial charge in [0.15, 0.2) is 11.5 Å². The average molecular weight is 387 g/mol. The molecule has 3 rings (SSSR count). The highest BCUT2D eigenvalue weighted by Gasteiger charge is 2.30. The number of anilines is 1. The molecule has 0 bridgehead atoms. The summed E-state index contributed by atoms with van der Waals surface area (Å²) in [6.07, 6.45) is -0.962. The molecule has 1 heterocycles. The van der Waals surface area contributed by atoms with Gasteiger partial charge in [-0.05, 0) is 31.0 Å². The van der Waals surface area contributed by atoms with Gasteiger partial charge in [-0.15, -0.1) is 0 Å². The Morgan fingerprint density at radius 3 is 2.59 bits per heavy atom. The number of alkyl halides is 4. The molecule has 0 atom stereocenters. The first-order chi connectivity index (χ1) is 12.9. The van der Waals surface area contributed by atoms with Crippen molar-refractivity contribution in [2.45, 2.75) is 38.3 Å². The summed E-state index contributed by atoms with van der Waals surface area (Å²) >= 11 is 0. The monoisotopic (exact) mass is 387 g/mol. The van der Waals surface area contributed by atoms with Gasteiger partial charge in [0.1, 0.15) is 12.2 Å². The molecular formula is C17H17F4N3O3. The van der Waals surface area contributed by atoms with Crippen molar-refractivity contribution in [3.05, 3.63) is 35.7 Å². The molecule has 1 fully saturated rings. The Hall–Kier alpha value is -2.78. The summed E-state index contributed by atoms with van der Waals surface area (Å²) in [6, 6.07) is 5.26. The quantitative estimate of drug-likeness (QED) is 0.697. The minimum atomic E-state index is -3.01.